The third-order valence-corrected chi connectivity index (χ3v) is 4.06. The van der Waals surface area contributed by atoms with Crippen LogP contribution in [0, 0.1) is 5.92 Å². The van der Waals surface area contributed by atoms with Crippen molar-refractivity contribution in [3.8, 4) is 0 Å². The van der Waals surface area contributed by atoms with E-state index >= 15 is 0 Å². The lowest BCUT2D eigenvalue weighted by atomic mass is 10.0. The number of halogens is 1. The Hall–Kier alpha value is 0.200. The molecule has 2 rings (SSSR count). The van der Waals surface area contributed by atoms with E-state index in [4.69, 9.17) is 15.4 Å². The van der Waals surface area contributed by atoms with Crippen molar-refractivity contribution in [2.45, 2.75) is 37.9 Å². The molecule has 5 heteroatoms. The maximum atomic E-state index is 10.8. The van der Waals surface area contributed by atoms with Crippen molar-refractivity contribution in [2.75, 3.05) is 5.75 Å². The van der Waals surface area contributed by atoms with Crippen LogP contribution in [0.15, 0.2) is 0 Å². The fourth-order valence-corrected chi connectivity index (χ4v) is 3.50. The smallest absolute Gasteiger partial charge is 0.235 e. The lowest BCUT2D eigenvalue weighted by molar-refractivity contribution is 0.0531. The minimum absolute atomic E-state index is 0.0262. The van der Waals surface area contributed by atoms with Gasteiger partial charge in [-0.3, -0.25) is 0 Å². The van der Waals surface area contributed by atoms with Crippen molar-refractivity contribution < 1.29 is 13.2 Å². The van der Waals surface area contributed by atoms with Crippen molar-refractivity contribution in [1.29, 1.82) is 0 Å². The molecule has 0 N–H and O–H groups in total. The Balaban J connectivity index is 1.92. The lowest BCUT2D eigenvalue weighted by Gasteiger charge is -2.09. The fraction of sp³-hybridized carbons (Fsp3) is 1.00. The van der Waals surface area contributed by atoms with E-state index in [1.54, 1.807) is 0 Å². The zero-order chi connectivity index (χ0) is 9.47. The molecule has 3 unspecified atom stereocenters. The molecule has 1 heterocycles. The highest BCUT2D eigenvalue weighted by Gasteiger charge is 2.39. The van der Waals surface area contributed by atoms with Gasteiger partial charge >= 0.3 is 0 Å². The number of rotatable bonds is 2. The van der Waals surface area contributed by atoms with E-state index in [-0.39, 0.29) is 11.9 Å². The van der Waals surface area contributed by atoms with Crippen LogP contribution < -0.4 is 0 Å². The van der Waals surface area contributed by atoms with Gasteiger partial charge in [-0.05, 0) is 25.2 Å². The molecule has 13 heavy (non-hydrogen) atoms. The minimum atomic E-state index is -3.39. The summed E-state index contributed by atoms with van der Waals surface area (Å²) in [6.07, 6.45) is 4.51. The van der Waals surface area contributed by atoms with Crippen LogP contribution in [0.1, 0.15) is 25.7 Å². The van der Waals surface area contributed by atoms with E-state index < -0.39 is 9.05 Å². The Morgan fingerprint density at radius 2 is 2.15 bits per heavy atom. The maximum absolute atomic E-state index is 10.8. The van der Waals surface area contributed by atoms with Crippen LogP contribution in [-0.2, 0) is 13.8 Å². The molecule has 0 amide bonds. The fourth-order valence-electron chi connectivity index (χ4n) is 2.42. The van der Waals surface area contributed by atoms with E-state index in [1.165, 1.54) is 12.8 Å². The molecule has 0 spiro atoms. The first-order valence-corrected chi connectivity index (χ1v) is 7.10. The first-order chi connectivity index (χ1) is 6.04. The molecular weight excluding hydrogens is 212 g/mol. The van der Waals surface area contributed by atoms with Crippen molar-refractivity contribution in [2.24, 2.45) is 5.92 Å². The van der Waals surface area contributed by atoms with Crippen LogP contribution in [0.25, 0.3) is 0 Å². The van der Waals surface area contributed by atoms with E-state index in [0.29, 0.717) is 12.0 Å². The Morgan fingerprint density at radius 3 is 2.77 bits per heavy atom. The molecule has 0 radical (unpaired) electrons. The molecule has 0 aromatic carbocycles. The van der Waals surface area contributed by atoms with Gasteiger partial charge in [0.15, 0.2) is 0 Å². The largest absolute Gasteiger partial charge is 0.374 e. The van der Waals surface area contributed by atoms with Crippen LogP contribution in [0.3, 0.4) is 0 Å². The number of hydrogen-bond acceptors (Lipinski definition) is 3. The summed E-state index contributed by atoms with van der Waals surface area (Å²) in [7, 11) is 1.77. The topological polar surface area (TPSA) is 43.4 Å². The molecule has 2 fully saturated rings. The number of ether oxygens (including phenoxy) is 1. The van der Waals surface area contributed by atoms with Gasteiger partial charge in [-0.15, -0.1) is 0 Å². The van der Waals surface area contributed by atoms with Crippen molar-refractivity contribution in [1.82, 2.24) is 0 Å². The first kappa shape index (κ1) is 9.74. The van der Waals surface area contributed by atoms with Crippen LogP contribution >= 0.6 is 10.7 Å². The predicted molar refractivity (Wildman–Crippen MR) is 50.3 cm³/mol. The normalized spacial score (nSPS) is 39.3. The molecule has 3 nitrogen and oxygen atoms in total. The summed E-state index contributed by atoms with van der Waals surface area (Å²) in [6.45, 7) is 0. The molecule has 1 saturated carbocycles. The summed E-state index contributed by atoms with van der Waals surface area (Å²) in [5, 5.41) is 0. The van der Waals surface area contributed by atoms with Gasteiger partial charge in [0.25, 0.3) is 0 Å². The van der Waals surface area contributed by atoms with E-state index in [9.17, 15) is 8.42 Å². The first-order valence-electron chi connectivity index (χ1n) is 4.62. The minimum Gasteiger partial charge on any atom is -0.374 e. The molecule has 1 saturated heterocycles. The molecule has 0 bridgehead atoms. The second-order valence-electron chi connectivity index (χ2n) is 3.93. The Kier molecular flexibility index (Phi) is 2.55. The highest BCUT2D eigenvalue weighted by Crippen LogP contribution is 2.39. The number of fused-ring (bicyclic) bond motifs is 1. The summed E-state index contributed by atoms with van der Waals surface area (Å²) in [5.74, 6) is 0.560. The average molecular weight is 225 g/mol. The molecule has 76 valence electrons. The maximum Gasteiger partial charge on any atom is 0.235 e. The molecule has 0 aromatic heterocycles. The zero-order valence-corrected chi connectivity index (χ0v) is 8.85. The van der Waals surface area contributed by atoms with Crippen molar-refractivity contribution >= 4 is 19.7 Å². The van der Waals surface area contributed by atoms with E-state index in [0.717, 1.165) is 12.8 Å². The Morgan fingerprint density at radius 1 is 1.38 bits per heavy atom. The molecular formula is C8H13ClO3S. The Bertz CT molecular complexity index is 276. The molecule has 2 aliphatic rings. The van der Waals surface area contributed by atoms with Crippen LogP contribution in [0.5, 0.6) is 0 Å². The summed E-state index contributed by atoms with van der Waals surface area (Å²) in [5.41, 5.74) is 0. The third kappa shape index (κ3) is 2.36. The summed E-state index contributed by atoms with van der Waals surface area (Å²) < 4.78 is 27.2. The van der Waals surface area contributed by atoms with Gasteiger partial charge in [0.1, 0.15) is 0 Å². The van der Waals surface area contributed by atoms with Gasteiger partial charge in [0, 0.05) is 10.7 Å². The molecule has 3 atom stereocenters. The monoisotopic (exact) mass is 224 g/mol. The lowest BCUT2D eigenvalue weighted by Crippen LogP contribution is -2.18. The standard InChI is InChI=1S/C8H13ClO3S/c9-13(10,11)5-7-4-6-2-1-3-8(6)12-7/h6-8H,1-5H2. The average Bonchev–Trinajstić information content (AvgIpc) is 2.40. The molecule has 0 aromatic rings. The second kappa shape index (κ2) is 3.41. The summed E-state index contributed by atoms with van der Waals surface area (Å²) in [4.78, 5) is 0. The van der Waals surface area contributed by atoms with Crippen molar-refractivity contribution in [3.05, 3.63) is 0 Å². The molecule has 1 aliphatic heterocycles. The van der Waals surface area contributed by atoms with Crippen LogP contribution in [-0.4, -0.2) is 26.4 Å². The highest BCUT2D eigenvalue weighted by molar-refractivity contribution is 8.13. The van der Waals surface area contributed by atoms with Crippen LogP contribution in [0.2, 0.25) is 0 Å². The third-order valence-electron chi connectivity index (χ3n) is 2.91. The van der Waals surface area contributed by atoms with Gasteiger partial charge in [0.2, 0.25) is 9.05 Å². The number of hydrogen-bond donors (Lipinski definition) is 0. The molecule has 1 aliphatic carbocycles. The summed E-state index contributed by atoms with van der Waals surface area (Å²) in [6, 6.07) is 0. The van der Waals surface area contributed by atoms with Gasteiger partial charge < -0.3 is 4.74 Å². The van der Waals surface area contributed by atoms with Gasteiger partial charge in [-0.2, -0.15) is 0 Å². The van der Waals surface area contributed by atoms with E-state index in [1.807, 2.05) is 0 Å². The summed E-state index contributed by atoms with van der Waals surface area (Å²) >= 11 is 0. The van der Waals surface area contributed by atoms with Crippen molar-refractivity contribution in [3.63, 3.8) is 0 Å². The van der Waals surface area contributed by atoms with Gasteiger partial charge in [-0.1, -0.05) is 6.42 Å². The quantitative estimate of drug-likeness (QED) is 0.668. The highest BCUT2D eigenvalue weighted by atomic mass is 35.7. The zero-order valence-electron chi connectivity index (χ0n) is 7.28. The predicted octanol–water partition coefficient (Wildman–Crippen LogP) is 1.51. The van der Waals surface area contributed by atoms with Gasteiger partial charge in [-0.25, -0.2) is 8.42 Å². The van der Waals surface area contributed by atoms with E-state index in [2.05, 4.69) is 0 Å². The van der Waals surface area contributed by atoms with Crippen LogP contribution in [0.4, 0.5) is 0 Å². The van der Waals surface area contributed by atoms with Gasteiger partial charge in [0.05, 0.1) is 18.0 Å². The second-order valence-corrected chi connectivity index (χ2v) is 6.75. The SMILES string of the molecule is O=S(=O)(Cl)CC1CC2CCCC2O1. The Labute approximate surface area is 82.8 Å².